The van der Waals surface area contributed by atoms with E-state index in [4.69, 9.17) is 0 Å². The molecule has 0 aromatic heterocycles. The average molecular weight is 934 g/mol. The van der Waals surface area contributed by atoms with Crippen molar-refractivity contribution in [2.75, 3.05) is 0 Å². The summed E-state index contributed by atoms with van der Waals surface area (Å²) < 4.78 is 0. The molecule has 0 radical (unpaired) electrons. The van der Waals surface area contributed by atoms with Gasteiger partial charge in [-0.15, -0.1) is 0 Å². The highest BCUT2D eigenvalue weighted by Gasteiger charge is 2.19. The summed E-state index contributed by atoms with van der Waals surface area (Å²) >= 11 is 0. The lowest BCUT2D eigenvalue weighted by Crippen LogP contribution is -2.01. The van der Waals surface area contributed by atoms with Crippen molar-refractivity contribution in [1.29, 1.82) is 5.26 Å². The topological polar surface area (TPSA) is 23.8 Å². The largest absolute Gasteiger partial charge is 0.192 e. The van der Waals surface area contributed by atoms with Gasteiger partial charge in [0.1, 0.15) is 0 Å². The molecule has 1 heteroatoms. The molecule has 0 aliphatic carbocycles. The molecule has 0 N–H and O–H groups in total. The van der Waals surface area contributed by atoms with Crippen molar-refractivity contribution >= 4 is 10.8 Å². The SMILES string of the molecule is CCCCCCCCc1cc(-c2cc(-c3ccc(C#N)cc3)cc(-c3cc(CCCCCCCC)c(-c4cccc5c(C)cccc45)cc3CCCCCCCC)c2)c(CCCCCCCC)cc1C. The number of hydrogen-bond acceptors (Lipinski definition) is 1. The van der Waals surface area contributed by atoms with Crippen molar-refractivity contribution in [3.63, 3.8) is 0 Å². The number of benzene rings is 6. The summed E-state index contributed by atoms with van der Waals surface area (Å²) in [5.74, 6) is 0. The monoisotopic (exact) mass is 934 g/mol. The third-order valence-electron chi connectivity index (χ3n) is 15.4. The molecule has 0 saturated carbocycles. The Balaban J connectivity index is 1.54. The summed E-state index contributed by atoms with van der Waals surface area (Å²) in [6.07, 6.45) is 35.6. The van der Waals surface area contributed by atoms with Crippen molar-refractivity contribution in [2.45, 2.75) is 221 Å². The summed E-state index contributed by atoms with van der Waals surface area (Å²) in [6.45, 7) is 13.9. The summed E-state index contributed by atoms with van der Waals surface area (Å²) in [5, 5.41) is 12.6. The molecule has 0 unspecified atom stereocenters. The Morgan fingerprint density at radius 2 is 0.714 bits per heavy atom. The lowest BCUT2D eigenvalue weighted by atomic mass is 9.83. The van der Waals surface area contributed by atoms with Gasteiger partial charge in [-0.3, -0.25) is 0 Å². The van der Waals surface area contributed by atoms with E-state index in [1.807, 2.05) is 12.1 Å². The average Bonchev–Trinajstić information content (AvgIpc) is 3.38. The molecule has 372 valence electrons. The highest BCUT2D eigenvalue weighted by Crippen LogP contribution is 2.42. The van der Waals surface area contributed by atoms with Crippen LogP contribution in [0.25, 0.3) is 55.3 Å². The predicted molar refractivity (Wildman–Crippen MR) is 308 cm³/mol. The van der Waals surface area contributed by atoms with Gasteiger partial charge in [-0.2, -0.15) is 5.26 Å². The van der Waals surface area contributed by atoms with Crippen molar-refractivity contribution in [2.24, 2.45) is 0 Å². The molecule has 1 nitrogen and oxygen atoms in total. The van der Waals surface area contributed by atoms with Crippen LogP contribution < -0.4 is 0 Å². The molecule has 70 heavy (non-hydrogen) atoms. The Kier molecular flexibility index (Phi) is 23.4. The minimum Gasteiger partial charge on any atom is -0.192 e. The van der Waals surface area contributed by atoms with Crippen LogP contribution in [0.15, 0.2) is 103 Å². The first-order valence-electron chi connectivity index (χ1n) is 28.8. The van der Waals surface area contributed by atoms with E-state index >= 15 is 0 Å². The van der Waals surface area contributed by atoms with E-state index in [9.17, 15) is 5.26 Å². The zero-order chi connectivity index (χ0) is 49.3. The number of nitrogens with zero attached hydrogens (tertiary/aromatic N) is 1. The third-order valence-corrected chi connectivity index (χ3v) is 15.4. The maximum atomic E-state index is 9.84. The lowest BCUT2D eigenvalue weighted by Gasteiger charge is -2.21. The fourth-order valence-corrected chi connectivity index (χ4v) is 11.1. The quantitative estimate of drug-likeness (QED) is 0.0387. The van der Waals surface area contributed by atoms with Crippen LogP contribution in [0.2, 0.25) is 0 Å². The fraction of sp³-hybridized carbons (Fsp3) is 0.493. The molecule has 0 atom stereocenters. The van der Waals surface area contributed by atoms with Gasteiger partial charge in [0, 0.05) is 0 Å². The number of fused-ring (bicyclic) bond motifs is 1. The smallest absolute Gasteiger partial charge is 0.0991 e. The maximum Gasteiger partial charge on any atom is 0.0991 e. The van der Waals surface area contributed by atoms with Crippen LogP contribution in [-0.4, -0.2) is 0 Å². The standard InChI is InChI=1S/C69H91N/c1-7-11-15-19-23-27-34-57-49-67(58(45-54(57)6)35-28-24-20-16-12-8-2)62-46-61(56-43-41-55(52-70)42-44-56)47-63(48-62)68-50-60(37-30-26-22-18-14-10-4)69(51-59(68)36-29-25-21-17-13-9-3)66-40-32-38-64-53(5)33-31-39-65(64)66/h31-33,38-51H,7-30,34-37H2,1-6H3. The number of nitriles is 1. The molecule has 6 aromatic rings. The van der Waals surface area contributed by atoms with E-state index in [0.29, 0.717) is 5.56 Å². The van der Waals surface area contributed by atoms with E-state index < -0.39 is 0 Å². The normalized spacial score (nSPS) is 11.4. The van der Waals surface area contributed by atoms with Crippen LogP contribution in [0, 0.1) is 25.2 Å². The van der Waals surface area contributed by atoms with Gasteiger partial charge in [0.25, 0.3) is 0 Å². The Labute approximate surface area is 428 Å². The molecule has 6 aromatic carbocycles. The third kappa shape index (κ3) is 16.0. The van der Waals surface area contributed by atoms with E-state index in [2.05, 4.69) is 139 Å². The summed E-state index contributed by atoms with van der Waals surface area (Å²) in [7, 11) is 0. The summed E-state index contributed by atoms with van der Waals surface area (Å²) in [6, 6.07) is 42.6. The van der Waals surface area contributed by atoms with Gasteiger partial charge in [-0.25, -0.2) is 0 Å². The molecule has 0 saturated heterocycles. The zero-order valence-electron chi connectivity index (χ0n) is 45.1. The van der Waals surface area contributed by atoms with Gasteiger partial charge in [0.05, 0.1) is 11.6 Å². The second-order valence-corrected chi connectivity index (χ2v) is 21.1. The number of hydrogen-bond donors (Lipinski definition) is 0. The first-order valence-corrected chi connectivity index (χ1v) is 28.8. The summed E-state index contributed by atoms with van der Waals surface area (Å²) in [5.41, 5.74) is 20.2. The molecular formula is C69H91N. The molecular weight excluding hydrogens is 843 g/mol. The Bertz CT molecular complexity index is 2530. The fourth-order valence-electron chi connectivity index (χ4n) is 11.1. The number of unbranched alkanes of at least 4 members (excludes halogenated alkanes) is 20. The molecule has 0 amide bonds. The van der Waals surface area contributed by atoms with Crippen LogP contribution in [0.1, 0.15) is 221 Å². The van der Waals surface area contributed by atoms with Gasteiger partial charge in [0.2, 0.25) is 0 Å². The van der Waals surface area contributed by atoms with Gasteiger partial charge in [0.15, 0.2) is 0 Å². The van der Waals surface area contributed by atoms with Crippen molar-refractivity contribution < 1.29 is 0 Å². The molecule has 0 spiro atoms. The Morgan fingerprint density at radius 3 is 1.23 bits per heavy atom. The molecule has 6 rings (SSSR count). The molecule has 0 aliphatic heterocycles. The summed E-state index contributed by atoms with van der Waals surface area (Å²) in [4.78, 5) is 0. The second-order valence-electron chi connectivity index (χ2n) is 21.1. The first kappa shape index (κ1) is 54.4. The predicted octanol–water partition coefficient (Wildman–Crippen LogP) is 21.6. The van der Waals surface area contributed by atoms with Crippen LogP contribution in [0.4, 0.5) is 0 Å². The van der Waals surface area contributed by atoms with Gasteiger partial charge in [-0.1, -0.05) is 229 Å². The number of aryl methyl sites for hydroxylation is 6. The Hall–Kier alpha value is -4.93. The van der Waals surface area contributed by atoms with Crippen LogP contribution in [0.5, 0.6) is 0 Å². The van der Waals surface area contributed by atoms with E-state index in [0.717, 1.165) is 25.7 Å². The minimum atomic E-state index is 0.707. The lowest BCUT2D eigenvalue weighted by molar-refractivity contribution is 0.605. The highest BCUT2D eigenvalue weighted by molar-refractivity contribution is 5.99. The first-order chi connectivity index (χ1) is 34.4. The van der Waals surface area contributed by atoms with Crippen LogP contribution in [0.3, 0.4) is 0 Å². The van der Waals surface area contributed by atoms with E-state index in [-0.39, 0.29) is 0 Å². The minimum absolute atomic E-state index is 0.707. The van der Waals surface area contributed by atoms with E-state index in [1.165, 1.54) is 243 Å². The van der Waals surface area contributed by atoms with Gasteiger partial charge in [-0.05, 0) is 184 Å². The molecule has 0 aliphatic rings. The maximum absolute atomic E-state index is 9.84. The van der Waals surface area contributed by atoms with Crippen molar-refractivity contribution in [3.8, 4) is 50.6 Å². The van der Waals surface area contributed by atoms with Gasteiger partial charge >= 0.3 is 0 Å². The van der Waals surface area contributed by atoms with Crippen LogP contribution >= 0.6 is 0 Å². The number of rotatable bonds is 32. The van der Waals surface area contributed by atoms with E-state index in [1.54, 1.807) is 0 Å². The molecule has 0 fully saturated rings. The van der Waals surface area contributed by atoms with Gasteiger partial charge < -0.3 is 0 Å². The molecule has 0 heterocycles. The zero-order valence-corrected chi connectivity index (χ0v) is 45.1. The van der Waals surface area contributed by atoms with Crippen LogP contribution in [-0.2, 0) is 25.7 Å². The van der Waals surface area contributed by atoms with Crippen molar-refractivity contribution in [1.82, 2.24) is 0 Å². The second kappa shape index (κ2) is 30.1. The van der Waals surface area contributed by atoms with Crippen molar-refractivity contribution in [3.05, 3.63) is 142 Å². The highest BCUT2D eigenvalue weighted by atomic mass is 14.2. The molecule has 0 bridgehead atoms. The Morgan fingerprint density at radius 1 is 0.314 bits per heavy atom.